The number of hydrogen-bond donors (Lipinski definition) is 2. The number of likely N-dealkylation sites (N-methyl/N-ethyl adjacent to an activating group) is 1. The molecule has 0 spiro atoms. The fourth-order valence-electron chi connectivity index (χ4n) is 4.43. The summed E-state index contributed by atoms with van der Waals surface area (Å²) < 4.78 is 13.8. The number of piperidine rings is 1. The largest absolute Gasteiger partial charge is 0.480 e. The molecule has 0 saturated carbocycles. The summed E-state index contributed by atoms with van der Waals surface area (Å²) in [7, 11) is 0. The summed E-state index contributed by atoms with van der Waals surface area (Å²) in [5.41, 5.74) is -0.440. The van der Waals surface area contributed by atoms with Gasteiger partial charge in [-0.3, -0.25) is 38.7 Å². The number of halogens is 1. The second-order valence-electron chi connectivity index (χ2n) is 7.93. The normalized spacial score (nSPS) is 23.0. The summed E-state index contributed by atoms with van der Waals surface area (Å²) in [4.78, 5) is 63.0. The van der Waals surface area contributed by atoms with Gasteiger partial charge in [-0.05, 0) is 44.5 Å². The molecule has 4 rings (SSSR count). The van der Waals surface area contributed by atoms with Gasteiger partial charge in [-0.1, -0.05) is 13.0 Å². The number of aliphatic hydroxyl groups excluding tert-OH is 1. The van der Waals surface area contributed by atoms with Crippen molar-refractivity contribution in [2.75, 3.05) is 26.2 Å². The Bertz CT molecular complexity index is 983. The third-order valence-corrected chi connectivity index (χ3v) is 6.07. The molecule has 10 nitrogen and oxygen atoms in total. The third-order valence-electron chi connectivity index (χ3n) is 6.07. The number of carbonyl (C=O) groups is 5. The Morgan fingerprint density at radius 2 is 1.88 bits per heavy atom. The molecule has 178 valence electrons. The van der Waals surface area contributed by atoms with Gasteiger partial charge >= 0.3 is 5.97 Å². The zero-order valence-corrected chi connectivity index (χ0v) is 18.2. The van der Waals surface area contributed by atoms with Crippen LogP contribution in [0.3, 0.4) is 0 Å². The first-order chi connectivity index (χ1) is 15.7. The molecule has 1 unspecified atom stereocenters. The van der Waals surface area contributed by atoms with E-state index in [4.69, 9.17) is 10.2 Å². The number of imide groups is 2. The van der Waals surface area contributed by atoms with E-state index >= 15 is 0 Å². The zero-order chi connectivity index (χ0) is 24.3. The molecular formula is C22H26FN3O7. The lowest BCUT2D eigenvalue weighted by atomic mass is 10.0. The molecule has 3 heterocycles. The Labute approximate surface area is 189 Å². The SMILES string of the molecule is CCN1CCC[C@H]1C(=O)O.O=C1CCC(N2C(=O)c3cccc(F)c3C2=O)C(=O)N1CCO. The van der Waals surface area contributed by atoms with Gasteiger partial charge in [0.1, 0.15) is 17.9 Å². The molecule has 2 fully saturated rings. The van der Waals surface area contributed by atoms with Crippen molar-refractivity contribution in [3.05, 3.63) is 35.1 Å². The van der Waals surface area contributed by atoms with Crippen LogP contribution in [0.5, 0.6) is 0 Å². The quantitative estimate of drug-likeness (QED) is 0.602. The zero-order valence-electron chi connectivity index (χ0n) is 18.2. The van der Waals surface area contributed by atoms with E-state index in [1.54, 1.807) is 0 Å². The second-order valence-corrected chi connectivity index (χ2v) is 7.93. The van der Waals surface area contributed by atoms with Crippen molar-refractivity contribution >= 4 is 29.6 Å². The van der Waals surface area contributed by atoms with E-state index in [0.717, 1.165) is 36.9 Å². The van der Waals surface area contributed by atoms with Crippen LogP contribution in [0.15, 0.2) is 18.2 Å². The number of nitrogens with zero attached hydrogens (tertiary/aromatic N) is 3. The van der Waals surface area contributed by atoms with Crippen LogP contribution in [0.2, 0.25) is 0 Å². The Morgan fingerprint density at radius 1 is 1.15 bits per heavy atom. The molecule has 1 aromatic carbocycles. The first kappa shape index (κ1) is 24.5. The Kier molecular flexibility index (Phi) is 7.54. The number of benzene rings is 1. The average Bonchev–Trinajstić information content (AvgIpc) is 3.36. The predicted octanol–water partition coefficient (Wildman–Crippen LogP) is 0.487. The topological polar surface area (TPSA) is 136 Å². The van der Waals surface area contributed by atoms with E-state index in [0.29, 0.717) is 4.90 Å². The van der Waals surface area contributed by atoms with Gasteiger partial charge in [0.15, 0.2) is 0 Å². The van der Waals surface area contributed by atoms with Crippen molar-refractivity contribution in [2.45, 2.75) is 44.7 Å². The molecule has 11 heteroatoms. The van der Waals surface area contributed by atoms with E-state index in [9.17, 15) is 28.4 Å². The molecule has 4 amide bonds. The van der Waals surface area contributed by atoms with Crippen molar-refractivity contribution in [3.63, 3.8) is 0 Å². The number of aliphatic hydroxyl groups is 1. The molecule has 3 aliphatic heterocycles. The van der Waals surface area contributed by atoms with Crippen LogP contribution in [-0.2, 0) is 14.4 Å². The van der Waals surface area contributed by atoms with Gasteiger partial charge in [0.2, 0.25) is 5.91 Å². The molecule has 2 atom stereocenters. The van der Waals surface area contributed by atoms with E-state index in [-0.39, 0.29) is 36.6 Å². The highest BCUT2D eigenvalue weighted by molar-refractivity contribution is 6.23. The van der Waals surface area contributed by atoms with Crippen molar-refractivity contribution in [3.8, 4) is 0 Å². The maximum absolute atomic E-state index is 13.8. The number of aliphatic carboxylic acids is 1. The smallest absolute Gasteiger partial charge is 0.320 e. The number of fused-ring (bicyclic) bond motifs is 1. The van der Waals surface area contributed by atoms with Crippen LogP contribution in [-0.4, -0.2) is 92.8 Å². The molecule has 0 bridgehead atoms. The van der Waals surface area contributed by atoms with Gasteiger partial charge in [0.25, 0.3) is 17.7 Å². The summed E-state index contributed by atoms with van der Waals surface area (Å²) in [6, 6.07) is 2.34. The molecule has 0 aliphatic carbocycles. The van der Waals surface area contributed by atoms with Crippen LogP contribution in [0.1, 0.15) is 53.3 Å². The Hall–Kier alpha value is -3.18. The summed E-state index contributed by atoms with van der Waals surface area (Å²) in [5.74, 6) is -4.32. The van der Waals surface area contributed by atoms with Gasteiger partial charge in [-0.2, -0.15) is 0 Å². The maximum Gasteiger partial charge on any atom is 0.320 e. The number of carbonyl (C=O) groups excluding carboxylic acids is 4. The van der Waals surface area contributed by atoms with Gasteiger partial charge in [-0.15, -0.1) is 0 Å². The second kappa shape index (κ2) is 10.2. The fraction of sp³-hybridized carbons (Fsp3) is 0.500. The molecule has 1 aromatic rings. The summed E-state index contributed by atoms with van der Waals surface area (Å²) in [6.45, 7) is 3.19. The standard InChI is InChI=1S/C15H13FN2O5.C7H13NO2/c16-9-3-1-2-8-12(9)15(23)18(13(8)21)10-4-5-11(20)17(6-7-19)14(10)22;1-2-8-5-3-4-6(8)7(9)10/h1-3,10,19H,4-7H2;6H,2-5H2,1H3,(H,9,10)/t;6-/m.0/s1. The van der Waals surface area contributed by atoms with E-state index < -0.39 is 48.1 Å². The van der Waals surface area contributed by atoms with Crippen molar-refractivity contribution in [1.29, 1.82) is 0 Å². The first-order valence-corrected chi connectivity index (χ1v) is 10.8. The molecule has 33 heavy (non-hydrogen) atoms. The minimum Gasteiger partial charge on any atom is -0.480 e. The highest BCUT2D eigenvalue weighted by Crippen LogP contribution is 2.30. The molecule has 2 N–H and O–H groups in total. The number of rotatable bonds is 5. The highest BCUT2D eigenvalue weighted by atomic mass is 19.1. The highest BCUT2D eigenvalue weighted by Gasteiger charge is 2.47. The Morgan fingerprint density at radius 3 is 2.45 bits per heavy atom. The van der Waals surface area contributed by atoms with E-state index in [2.05, 4.69) is 0 Å². The molecule has 0 radical (unpaired) electrons. The first-order valence-electron chi connectivity index (χ1n) is 10.8. The van der Waals surface area contributed by atoms with Crippen LogP contribution in [0.4, 0.5) is 4.39 Å². The average molecular weight is 463 g/mol. The molecular weight excluding hydrogens is 437 g/mol. The number of carboxylic acids is 1. The number of likely N-dealkylation sites (tertiary alicyclic amines) is 2. The summed E-state index contributed by atoms with van der Waals surface area (Å²) in [5, 5.41) is 17.6. The lowest BCUT2D eigenvalue weighted by molar-refractivity contribution is -0.152. The Balaban J connectivity index is 0.000000257. The third kappa shape index (κ3) is 4.64. The number of β-amino-alcohol motifs (C(OH)–C–C–N with tert-alkyl or cyclic N) is 1. The maximum atomic E-state index is 13.8. The van der Waals surface area contributed by atoms with Crippen molar-refractivity contribution in [2.24, 2.45) is 0 Å². The van der Waals surface area contributed by atoms with E-state index in [1.807, 2.05) is 11.8 Å². The molecule has 0 aromatic heterocycles. The predicted molar refractivity (Wildman–Crippen MR) is 112 cm³/mol. The summed E-state index contributed by atoms with van der Waals surface area (Å²) in [6.07, 6.45) is 1.81. The monoisotopic (exact) mass is 463 g/mol. The minimum atomic E-state index is -1.16. The van der Waals surface area contributed by atoms with Crippen LogP contribution in [0.25, 0.3) is 0 Å². The van der Waals surface area contributed by atoms with Crippen LogP contribution < -0.4 is 0 Å². The molecule has 2 saturated heterocycles. The van der Waals surface area contributed by atoms with Crippen LogP contribution in [0, 0.1) is 5.82 Å². The number of amides is 4. The van der Waals surface area contributed by atoms with Gasteiger partial charge in [0.05, 0.1) is 24.3 Å². The minimum absolute atomic E-state index is 0.00726. The summed E-state index contributed by atoms with van der Waals surface area (Å²) >= 11 is 0. The van der Waals surface area contributed by atoms with E-state index in [1.165, 1.54) is 12.1 Å². The van der Waals surface area contributed by atoms with Crippen LogP contribution >= 0.6 is 0 Å². The van der Waals surface area contributed by atoms with Gasteiger partial charge in [-0.25, -0.2) is 4.39 Å². The number of hydrogen-bond acceptors (Lipinski definition) is 7. The van der Waals surface area contributed by atoms with Crippen molar-refractivity contribution in [1.82, 2.24) is 14.7 Å². The lowest BCUT2D eigenvalue weighted by Crippen LogP contribution is -2.56. The fourth-order valence-corrected chi connectivity index (χ4v) is 4.43. The molecule has 3 aliphatic rings. The lowest BCUT2D eigenvalue weighted by Gasteiger charge is -2.34. The van der Waals surface area contributed by atoms with Gasteiger partial charge < -0.3 is 10.2 Å². The van der Waals surface area contributed by atoms with Gasteiger partial charge in [0, 0.05) is 6.42 Å². The van der Waals surface area contributed by atoms with Crippen molar-refractivity contribution < 1.29 is 38.6 Å². The number of carboxylic acid groups (broad SMARTS) is 1.